The first-order valence-corrected chi connectivity index (χ1v) is 8.31. The highest BCUT2D eigenvalue weighted by molar-refractivity contribution is 5.38. The fourth-order valence-electron chi connectivity index (χ4n) is 3.18. The molecule has 130 valence electrons. The molecule has 6 nitrogen and oxygen atoms in total. The Morgan fingerprint density at radius 2 is 1.92 bits per heavy atom. The maximum absolute atomic E-state index is 5.35. The van der Waals surface area contributed by atoms with Gasteiger partial charge in [-0.05, 0) is 24.1 Å². The van der Waals surface area contributed by atoms with Gasteiger partial charge in [-0.3, -0.25) is 9.58 Å². The number of hydrogen-bond donors (Lipinski definition) is 1. The molecule has 2 heterocycles. The predicted octanol–water partition coefficient (Wildman–Crippen LogP) is 1.80. The maximum Gasteiger partial charge on any atom is 0.122 e. The van der Waals surface area contributed by atoms with Crippen molar-refractivity contribution in [3.05, 3.63) is 41.7 Å². The third-order valence-corrected chi connectivity index (χ3v) is 4.44. The molecule has 1 N–H and O–H groups in total. The minimum atomic E-state index is 0.526. The van der Waals surface area contributed by atoms with Crippen molar-refractivity contribution < 1.29 is 9.47 Å². The standard InChI is InChI=1S/C18H26N4O2/c1-21-11-15(10-20-21)9-19-16-4-5-22(13-16)12-14-6-17(23-2)8-18(7-14)24-3/h6-8,10-11,16,19H,4-5,9,12-13H2,1-3H3/t16-/m0/s1. The van der Waals surface area contributed by atoms with E-state index in [9.17, 15) is 0 Å². The van der Waals surface area contributed by atoms with E-state index < -0.39 is 0 Å². The summed E-state index contributed by atoms with van der Waals surface area (Å²) in [5.74, 6) is 1.68. The first kappa shape index (κ1) is 16.8. The number of nitrogens with one attached hydrogen (secondary N) is 1. The maximum atomic E-state index is 5.35. The molecular formula is C18H26N4O2. The largest absolute Gasteiger partial charge is 0.497 e. The Morgan fingerprint density at radius 1 is 1.17 bits per heavy atom. The van der Waals surface area contributed by atoms with Crippen LogP contribution >= 0.6 is 0 Å². The van der Waals surface area contributed by atoms with Crippen LogP contribution in [0, 0.1) is 0 Å². The fourth-order valence-corrected chi connectivity index (χ4v) is 3.18. The summed E-state index contributed by atoms with van der Waals surface area (Å²) in [7, 11) is 5.32. The second-order valence-electron chi connectivity index (χ2n) is 6.34. The molecule has 0 unspecified atom stereocenters. The Labute approximate surface area is 143 Å². The van der Waals surface area contributed by atoms with Crippen LogP contribution in [0.5, 0.6) is 11.5 Å². The monoisotopic (exact) mass is 330 g/mol. The van der Waals surface area contributed by atoms with Gasteiger partial charge in [0.2, 0.25) is 0 Å². The predicted molar refractivity (Wildman–Crippen MR) is 93.3 cm³/mol. The minimum Gasteiger partial charge on any atom is -0.497 e. The second-order valence-corrected chi connectivity index (χ2v) is 6.34. The van der Waals surface area contributed by atoms with Crippen molar-refractivity contribution in [3.8, 4) is 11.5 Å². The van der Waals surface area contributed by atoms with Gasteiger partial charge in [0.25, 0.3) is 0 Å². The molecule has 0 aliphatic carbocycles. The van der Waals surface area contributed by atoms with Crippen molar-refractivity contribution in [3.63, 3.8) is 0 Å². The summed E-state index contributed by atoms with van der Waals surface area (Å²) in [6.45, 7) is 3.95. The summed E-state index contributed by atoms with van der Waals surface area (Å²) in [5.41, 5.74) is 2.45. The summed E-state index contributed by atoms with van der Waals surface area (Å²) in [6.07, 6.45) is 5.14. The van der Waals surface area contributed by atoms with E-state index in [0.29, 0.717) is 6.04 Å². The second kappa shape index (κ2) is 7.68. The van der Waals surface area contributed by atoms with Gasteiger partial charge >= 0.3 is 0 Å². The van der Waals surface area contributed by atoms with Crippen molar-refractivity contribution in [2.75, 3.05) is 27.3 Å². The SMILES string of the molecule is COc1cc(CN2CC[C@H](NCc3cnn(C)c3)C2)cc(OC)c1. The molecule has 1 fully saturated rings. The minimum absolute atomic E-state index is 0.526. The third-order valence-electron chi connectivity index (χ3n) is 4.44. The Hall–Kier alpha value is -2.05. The normalized spacial score (nSPS) is 18.0. The van der Waals surface area contributed by atoms with Crippen LogP contribution in [0.4, 0.5) is 0 Å². The van der Waals surface area contributed by atoms with E-state index in [-0.39, 0.29) is 0 Å². The number of hydrogen-bond acceptors (Lipinski definition) is 5. The zero-order chi connectivity index (χ0) is 16.9. The number of benzene rings is 1. The highest BCUT2D eigenvalue weighted by Crippen LogP contribution is 2.24. The lowest BCUT2D eigenvalue weighted by Gasteiger charge is -2.17. The van der Waals surface area contributed by atoms with Crippen LogP contribution in [0.2, 0.25) is 0 Å². The van der Waals surface area contributed by atoms with Gasteiger partial charge in [0.05, 0.1) is 20.4 Å². The van der Waals surface area contributed by atoms with Crippen LogP contribution in [0.25, 0.3) is 0 Å². The number of nitrogens with zero attached hydrogens (tertiary/aromatic N) is 3. The highest BCUT2D eigenvalue weighted by atomic mass is 16.5. The lowest BCUT2D eigenvalue weighted by molar-refractivity contribution is 0.317. The van der Waals surface area contributed by atoms with E-state index in [4.69, 9.17) is 9.47 Å². The van der Waals surface area contributed by atoms with Crippen LogP contribution in [0.15, 0.2) is 30.6 Å². The lowest BCUT2D eigenvalue weighted by Crippen LogP contribution is -2.31. The van der Waals surface area contributed by atoms with Gasteiger partial charge < -0.3 is 14.8 Å². The Kier molecular flexibility index (Phi) is 5.37. The molecule has 6 heteroatoms. The van der Waals surface area contributed by atoms with Gasteiger partial charge in [-0.1, -0.05) is 0 Å². The Balaban J connectivity index is 1.52. The van der Waals surface area contributed by atoms with Gasteiger partial charge in [0, 0.05) is 57.1 Å². The molecule has 1 saturated heterocycles. The summed E-state index contributed by atoms with van der Waals surface area (Å²) >= 11 is 0. The average Bonchev–Trinajstić information content (AvgIpc) is 3.21. The molecule has 1 aromatic carbocycles. The third kappa shape index (κ3) is 4.27. The van der Waals surface area contributed by atoms with Crippen LogP contribution in [0.3, 0.4) is 0 Å². The molecule has 0 bridgehead atoms. The van der Waals surface area contributed by atoms with Crippen molar-refractivity contribution in [2.45, 2.75) is 25.6 Å². The molecule has 0 radical (unpaired) electrons. The van der Waals surface area contributed by atoms with Crippen molar-refractivity contribution >= 4 is 0 Å². The zero-order valence-corrected chi connectivity index (χ0v) is 14.7. The van der Waals surface area contributed by atoms with Gasteiger partial charge in [-0.25, -0.2) is 0 Å². The smallest absolute Gasteiger partial charge is 0.122 e. The summed E-state index contributed by atoms with van der Waals surface area (Å²) in [5, 5.41) is 7.84. The molecule has 0 saturated carbocycles. The lowest BCUT2D eigenvalue weighted by atomic mass is 10.2. The van der Waals surface area contributed by atoms with Crippen LogP contribution in [0.1, 0.15) is 17.5 Å². The van der Waals surface area contributed by atoms with Crippen LogP contribution < -0.4 is 14.8 Å². The molecule has 1 atom stereocenters. The number of aryl methyl sites for hydroxylation is 1. The van der Waals surface area contributed by atoms with E-state index in [1.165, 1.54) is 17.5 Å². The van der Waals surface area contributed by atoms with E-state index in [1.54, 1.807) is 14.2 Å². The number of likely N-dealkylation sites (tertiary alicyclic amines) is 1. The van der Waals surface area contributed by atoms with E-state index in [2.05, 4.69) is 33.6 Å². The molecule has 2 aromatic rings. The fraction of sp³-hybridized carbons (Fsp3) is 0.500. The van der Waals surface area contributed by atoms with Crippen molar-refractivity contribution in [2.24, 2.45) is 7.05 Å². The molecule has 0 spiro atoms. The van der Waals surface area contributed by atoms with Crippen molar-refractivity contribution in [1.29, 1.82) is 0 Å². The molecule has 1 aliphatic heterocycles. The van der Waals surface area contributed by atoms with E-state index in [0.717, 1.165) is 37.7 Å². The number of methoxy groups -OCH3 is 2. The van der Waals surface area contributed by atoms with Gasteiger partial charge in [0.1, 0.15) is 11.5 Å². The van der Waals surface area contributed by atoms with E-state index >= 15 is 0 Å². The Bertz CT molecular complexity index is 649. The summed E-state index contributed by atoms with van der Waals surface area (Å²) in [4.78, 5) is 2.47. The average molecular weight is 330 g/mol. The number of rotatable bonds is 7. The summed E-state index contributed by atoms with van der Waals surface area (Å²) < 4.78 is 12.5. The van der Waals surface area contributed by atoms with Crippen LogP contribution in [-0.2, 0) is 20.1 Å². The molecule has 1 aromatic heterocycles. The first-order valence-electron chi connectivity index (χ1n) is 8.31. The number of aromatic nitrogens is 2. The molecule has 1 aliphatic rings. The van der Waals surface area contributed by atoms with Gasteiger partial charge in [-0.2, -0.15) is 5.10 Å². The molecule has 3 rings (SSSR count). The van der Waals surface area contributed by atoms with Crippen LogP contribution in [-0.4, -0.2) is 48.0 Å². The Morgan fingerprint density at radius 3 is 2.54 bits per heavy atom. The summed E-state index contributed by atoms with van der Waals surface area (Å²) in [6, 6.07) is 6.60. The van der Waals surface area contributed by atoms with Gasteiger partial charge in [-0.15, -0.1) is 0 Å². The molecule has 24 heavy (non-hydrogen) atoms. The molecule has 0 amide bonds. The van der Waals surface area contributed by atoms with Crippen molar-refractivity contribution in [1.82, 2.24) is 20.0 Å². The molecular weight excluding hydrogens is 304 g/mol. The van der Waals surface area contributed by atoms with E-state index in [1.807, 2.05) is 24.0 Å². The first-order chi connectivity index (χ1) is 11.7. The van der Waals surface area contributed by atoms with Gasteiger partial charge in [0.15, 0.2) is 0 Å². The number of ether oxygens (including phenoxy) is 2. The quantitative estimate of drug-likeness (QED) is 0.839. The topological polar surface area (TPSA) is 51.5 Å². The zero-order valence-electron chi connectivity index (χ0n) is 14.7. The highest BCUT2D eigenvalue weighted by Gasteiger charge is 2.22.